The van der Waals surface area contributed by atoms with Crippen molar-refractivity contribution in [2.24, 2.45) is 0 Å². The van der Waals surface area contributed by atoms with E-state index >= 15 is 0 Å². The summed E-state index contributed by atoms with van der Waals surface area (Å²) in [5.74, 6) is 0. The van der Waals surface area contributed by atoms with Gasteiger partial charge in [0.2, 0.25) is 0 Å². The first-order valence-electron chi connectivity index (χ1n) is 7.67. The maximum atomic E-state index is 3.30. The van der Waals surface area contributed by atoms with Crippen LogP contribution in [0.2, 0.25) is 15.8 Å². The summed E-state index contributed by atoms with van der Waals surface area (Å²) in [6.07, 6.45) is 0. The minimum Gasteiger partial charge on any atom is -0.356 e. The molecule has 1 N–H and O–H groups in total. The fourth-order valence-corrected chi connectivity index (χ4v) is 3.81. The Hall–Kier alpha value is -1.23. The summed E-state index contributed by atoms with van der Waals surface area (Å²) in [7, 11) is 0. The van der Waals surface area contributed by atoms with Crippen LogP contribution in [-0.2, 0) is 0 Å². The van der Waals surface area contributed by atoms with Gasteiger partial charge in [0.15, 0.2) is 0 Å². The van der Waals surface area contributed by atoms with Crippen LogP contribution in [0.25, 0.3) is 0 Å². The second-order valence-electron chi connectivity index (χ2n) is 4.95. The van der Waals surface area contributed by atoms with Gasteiger partial charge in [0.1, 0.15) is 0 Å². The fraction of sp³-hybridized carbons (Fsp3) is 0.333. The van der Waals surface area contributed by atoms with Crippen LogP contribution in [0.1, 0.15) is 20.8 Å². The lowest BCUT2D eigenvalue weighted by Crippen LogP contribution is -2.04. The zero-order valence-electron chi connectivity index (χ0n) is 13.0. The fourth-order valence-electron chi connectivity index (χ4n) is 2.08. The van der Waals surface area contributed by atoms with Gasteiger partial charge in [-0.2, -0.15) is 0 Å². The first-order chi connectivity index (χ1) is 9.80. The standard InChI is InChI=1S/C12H11N.3C2H5.Al/c1-3-7-11(8-4-1)13-12-9-5-2-6-10-12;3*1-2;/h1-10,13H;3*1H2,2H3;. The van der Waals surface area contributed by atoms with E-state index in [2.05, 4.69) is 26.1 Å². The van der Waals surface area contributed by atoms with Crippen molar-refractivity contribution in [3.05, 3.63) is 60.7 Å². The molecule has 0 unspecified atom stereocenters. The Balaban J connectivity index is 0.000000246. The molecule has 0 aliphatic carbocycles. The molecule has 1 nitrogen and oxygen atoms in total. The number of anilines is 2. The molecule has 0 bridgehead atoms. The van der Waals surface area contributed by atoms with Crippen LogP contribution in [0, 0.1) is 0 Å². The normalized spacial score (nSPS) is 9.35. The van der Waals surface area contributed by atoms with Crippen LogP contribution < -0.4 is 5.32 Å². The highest BCUT2D eigenvalue weighted by Crippen LogP contribution is 2.14. The van der Waals surface area contributed by atoms with Crippen molar-refractivity contribution in [3.8, 4) is 0 Å². The lowest BCUT2D eigenvalue weighted by molar-refractivity contribution is 1.24. The van der Waals surface area contributed by atoms with Crippen molar-refractivity contribution in [2.75, 3.05) is 5.32 Å². The number of nitrogens with one attached hydrogen (secondary N) is 1. The van der Waals surface area contributed by atoms with Crippen molar-refractivity contribution in [2.45, 2.75) is 36.6 Å². The summed E-state index contributed by atoms with van der Waals surface area (Å²) in [5, 5.41) is 7.78. The first-order valence-corrected chi connectivity index (χ1v) is 10.1. The average Bonchev–Trinajstić information content (AvgIpc) is 2.52. The Kier molecular flexibility index (Phi) is 8.87. The van der Waals surface area contributed by atoms with Gasteiger partial charge in [0, 0.05) is 11.4 Å². The Morgan fingerprint density at radius 2 is 1.00 bits per heavy atom. The van der Waals surface area contributed by atoms with E-state index in [0.29, 0.717) is 0 Å². The van der Waals surface area contributed by atoms with E-state index in [1.165, 1.54) is 15.8 Å². The third-order valence-corrected chi connectivity index (χ3v) is 7.03. The quantitative estimate of drug-likeness (QED) is 0.666. The van der Waals surface area contributed by atoms with Crippen molar-refractivity contribution < 1.29 is 0 Å². The minimum absolute atomic E-state index is 0.171. The van der Waals surface area contributed by atoms with Crippen LogP contribution in [0.5, 0.6) is 0 Å². The van der Waals surface area contributed by atoms with Crippen LogP contribution in [0.15, 0.2) is 60.7 Å². The van der Waals surface area contributed by atoms with E-state index in [-0.39, 0.29) is 14.1 Å². The Morgan fingerprint density at radius 1 is 0.650 bits per heavy atom. The summed E-state index contributed by atoms with van der Waals surface area (Å²) in [6.45, 7) is 6.97. The van der Waals surface area contributed by atoms with Crippen molar-refractivity contribution in [1.29, 1.82) is 0 Å². The lowest BCUT2D eigenvalue weighted by atomic mass is 10.3. The Labute approximate surface area is 128 Å². The predicted octanol–water partition coefficient (Wildman–Crippen LogP) is 5.97. The van der Waals surface area contributed by atoms with E-state index in [4.69, 9.17) is 0 Å². The molecule has 2 rings (SSSR count). The molecule has 2 aromatic carbocycles. The second kappa shape index (κ2) is 10.5. The van der Waals surface area contributed by atoms with Gasteiger partial charge in [-0.3, -0.25) is 0 Å². The van der Waals surface area contributed by atoms with Gasteiger partial charge in [0.05, 0.1) is 0 Å². The van der Waals surface area contributed by atoms with Crippen molar-refractivity contribution in [3.63, 3.8) is 0 Å². The van der Waals surface area contributed by atoms with Gasteiger partial charge in [-0.1, -0.05) is 73.0 Å². The van der Waals surface area contributed by atoms with Crippen LogP contribution >= 0.6 is 0 Å². The molecule has 0 aliphatic rings. The largest absolute Gasteiger partial charge is 0.356 e. The summed E-state index contributed by atoms with van der Waals surface area (Å²) in [6, 6.07) is 20.3. The SMILES string of the molecule is C[CH2][Al]([CH2]C)[CH2]C.c1ccc(Nc2ccccc2)cc1. The second-order valence-corrected chi connectivity index (χ2v) is 9.13. The topological polar surface area (TPSA) is 12.0 Å². The molecule has 2 heteroatoms. The zero-order chi connectivity index (χ0) is 14.6. The van der Waals surface area contributed by atoms with Crippen molar-refractivity contribution in [1.82, 2.24) is 0 Å². The molecule has 0 heterocycles. The molecule has 0 aromatic heterocycles. The van der Waals surface area contributed by atoms with E-state index in [1.54, 1.807) is 0 Å². The molecule has 0 radical (unpaired) electrons. The minimum atomic E-state index is -0.171. The smallest absolute Gasteiger partial charge is 0.261 e. The highest BCUT2D eigenvalue weighted by Gasteiger charge is 2.05. The highest BCUT2D eigenvalue weighted by molar-refractivity contribution is 6.58. The molecule has 0 amide bonds. The molecule has 0 spiro atoms. The zero-order valence-corrected chi connectivity index (χ0v) is 14.1. The Bertz CT molecular complexity index is 394. The molecular formula is C18H26AlN. The van der Waals surface area contributed by atoms with Crippen LogP contribution in [-0.4, -0.2) is 14.1 Å². The number of rotatable bonds is 5. The van der Waals surface area contributed by atoms with Crippen LogP contribution in [0.4, 0.5) is 11.4 Å². The molecule has 0 saturated carbocycles. The van der Waals surface area contributed by atoms with Gasteiger partial charge in [0.25, 0.3) is 14.1 Å². The molecule has 0 atom stereocenters. The van der Waals surface area contributed by atoms with Crippen molar-refractivity contribution >= 4 is 25.5 Å². The summed E-state index contributed by atoms with van der Waals surface area (Å²) >= 11 is -0.171. The molecule has 20 heavy (non-hydrogen) atoms. The van der Waals surface area contributed by atoms with Gasteiger partial charge in [-0.15, -0.1) is 0 Å². The average molecular weight is 283 g/mol. The summed E-state index contributed by atoms with van der Waals surface area (Å²) in [4.78, 5) is 0. The summed E-state index contributed by atoms with van der Waals surface area (Å²) in [5.41, 5.74) is 2.24. The number of benzene rings is 2. The molecule has 0 aliphatic heterocycles. The monoisotopic (exact) mass is 283 g/mol. The van der Waals surface area contributed by atoms with Gasteiger partial charge in [-0.25, -0.2) is 0 Å². The van der Waals surface area contributed by atoms with Gasteiger partial charge >= 0.3 is 0 Å². The first kappa shape index (κ1) is 16.8. The predicted molar refractivity (Wildman–Crippen MR) is 93.4 cm³/mol. The van der Waals surface area contributed by atoms with E-state index in [9.17, 15) is 0 Å². The molecule has 0 fully saturated rings. The molecular weight excluding hydrogens is 257 g/mol. The molecule has 2 aromatic rings. The lowest BCUT2D eigenvalue weighted by Gasteiger charge is -2.04. The maximum absolute atomic E-state index is 3.30. The molecule has 0 saturated heterocycles. The number of hydrogen-bond donors (Lipinski definition) is 1. The third kappa shape index (κ3) is 6.80. The summed E-state index contributed by atoms with van der Waals surface area (Å²) < 4.78 is 0. The number of hydrogen-bond acceptors (Lipinski definition) is 1. The third-order valence-electron chi connectivity index (χ3n) is 3.57. The van der Waals surface area contributed by atoms with Gasteiger partial charge < -0.3 is 5.32 Å². The number of para-hydroxylation sites is 2. The van der Waals surface area contributed by atoms with Gasteiger partial charge in [-0.05, 0) is 24.3 Å². The van der Waals surface area contributed by atoms with E-state index < -0.39 is 0 Å². The van der Waals surface area contributed by atoms with E-state index in [0.717, 1.165) is 11.4 Å². The van der Waals surface area contributed by atoms with E-state index in [1.807, 2.05) is 60.7 Å². The Morgan fingerprint density at radius 3 is 1.25 bits per heavy atom. The molecule has 106 valence electrons. The highest BCUT2D eigenvalue weighted by atomic mass is 27.2. The maximum Gasteiger partial charge on any atom is 0.261 e. The van der Waals surface area contributed by atoms with Crippen LogP contribution in [0.3, 0.4) is 0 Å².